The van der Waals surface area contributed by atoms with Gasteiger partial charge < -0.3 is 9.47 Å². The first-order valence-electron chi connectivity index (χ1n) is 9.49. The highest BCUT2D eigenvalue weighted by molar-refractivity contribution is 5.88. The Kier molecular flexibility index (Phi) is 5.03. The molecule has 24 heavy (non-hydrogen) atoms. The van der Waals surface area contributed by atoms with Gasteiger partial charge in [0.2, 0.25) is 0 Å². The van der Waals surface area contributed by atoms with Gasteiger partial charge in [-0.2, -0.15) is 0 Å². The van der Waals surface area contributed by atoms with Crippen LogP contribution < -0.4 is 0 Å². The van der Waals surface area contributed by atoms with Gasteiger partial charge in [-0.15, -0.1) is 0 Å². The van der Waals surface area contributed by atoms with E-state index < -0.39 is 11.9 Å². The second-order valence-corrected chi connectivity index (χ2v) is 8.19. The highest BCUT2D eigenvalue weighted by atomic mass is 16.6. The molecule has 0 aliphatic heterocycles. The third kappa shape index (κ3) is 3.25. The van der Waals surface area contributed by atoms with Crippen molar-refractivity contribution >= 4 is 11.9 Å². The lowest BCUT2D eigenvalue weighted by atomic mass is 9.49. The van der Waals surface area contributed by atoms with E-state index in [0.29, 0.717) is 17.4 Å². The predicted molar refractivity (Wildman–Crippen MR) is 91.2 cm³/mol. The molecule has 0 heterocycles. The summed E-state index contributed by atoms with van der Waals surface area (Å²) in [6, 6.07) is 0. The van der Waals surface area contributed by atoms with E-state index in [1.165, 1.54) is 32.1 Å². The van der Waals surface area contributed by atoms with E-state index >= 15 is 0 Å². The number of hydrogen-bond acceptors (Lipinski definition) is 4. The van der Waals surface area contributed by atoms with Gasteiger partial charge in [0, 0.05) is 5.57 Å². The van der Waals surface area contributed by atoms with Gasteiger partial charge in [0.05, 0.1) is 0 Å². The van der Waals surface area contributed by atoms with Gasteiger partial charge in [-0.25, -0.2) is 9.59 Å². The van der Waals surface area contributed by atoms with Crippen molar-refractivity contribution in [3.05, 3.63) is 12.2 Å². The van der Waals surface area contributed by atoms with E-state index in [2.05, 4.69) is 13.5 Å². The largest absolute Gasteiger partial charge is 0.456 e. The average Bonchev–Trinajstić information content (AvgIpc) is 2.54. The number of esters is 2. The Morgan fingerprint density at radius 2 is 1.67 bits per heavy atom. The molecule has 4 heteroatoms. The molecule has 0 atom stereocenters. The molecule has 0 aromatic carbocycles. The van der Waals surface area contributed by atoms with Crippen LogP contribution in [0.4, 0.5) is 0 Å². The van der Waals surface area contributed by atoms with Crippen LogP contribution in [0.5, 0.6) is 0 Å². The van der Waals surface area contributed by atoms with Crippen LogP contribution >= 0.6 is 0 Å². The van der Waals surface area contributed by atoms with Crippen LogP contribution in [-0.2, 0) is 19.1 Å². The molecule has 0 radical (unpaired) electrons. The Morgan fingerprint density at radius 3 is 2.17 bits per heavy atom. The first-order chi connectivity index (χ1) is 11.4. The molecular weight excluding hydrogens is 304 g/mol. The Balaban J connectivity index is 1.69. The molecule has 0 unspecified atom stereocenters. The highest BCUT2D eigenvalue weighted by Crippen LogP contribution is 2.61. The summed E-state index contributed by atoms with van der Waals surface area (Å²) in [7, 11) is 0. The first kappa shape index (κ1) is 17.5. The Hall–Kier alpha value is -1.32. The van der Waals surface area contributed by atoms with E-state index in [0.717, 1.165) is 31.1 Å². The number of rotatable bonds is 7. The molecule has 4 rings (SSSR count). The van der Waals surface area contributed by atoms with Crippen LogP contribution in [0.2, 0.25) is 0 Å². The Labute approximate surface area is 145 Å². The maximum absolute atomic E-state index is 12.4. The number of carbonyl (C=O) groups excluding carboxylic acids is 2. The smallest absolute Gasteiger partial charge is 0.344 e. The summed E-state index contributed by atoms with van der Waals surface area (Å²) >= 11 is 0. The minimum absolute atomic E-state index is 0.300. The van der Waals surface area contributed by atoms with Crippen LogP contribution in [0.25, 0.3) is 0 Å². The molecule has 0 saturated heterocycles. The molecule has 4 aliphatic carbocycles. The molecule has 4 aliphatic rings. The summed E-state index contributed by atoms with van der Waals surface area (Å²) in [6.45, 7) is 6.99. The van der Waals surface area contributed by atoms with Gasteiger partial charge in [-0.3, -0.25) is 0 Å². The summed E-state index contributed by atoms with van der Waals surface area (Å²) in [5.74, 6) is 1.75. The van der Waals surface area contributed by atoms with Crippen molar-refractivity contribution in [3.8, 4) is 0 Å². The molecular formula is C20H30O4. The lowest BCUT2D eigenvalue weighted by Crippen LogP contribution is -2.59. The third-order valence-electron chi connectivity index (χ3n) is 6.41. The topological polar surface area (TPSA) is 52.6 Å². The lowest BCUT2D eigenvalue weighted by molar-refractivity contribution is -0.215. The van der Waals surface area contributed by atoms with Crippen molar-refractivity contribution in [1.29, 1.82) is 0 Å². The Morgan fingerprint density at radius 1 is 1.08 bits per heavy atom. The van der Waals surface area contributed by atoms with Gasteiger partial charge in [-0.1, -0.05) is 19.9 Å². The molecule has 4 fully saturated rings. The van der Waals surface area contributed by atoms with E-state index in [1.807, 2.05) is 0 Å². The number of carbonyl (C=O) groups is 2. The third-order valence-corrected chi connectivity index (χ3v) is 6.41. The van der Waals surface area contributed by atoms with E-state index in [-0.39, 0.29) is 12.2 Å². The second-order valence-electron chi connectivity index (χ2n) is 8.19. The lowest BCUT2D eigenvalue weighted by Gasteiger charge is -2.60. The van der Waals surface area contributed by atoms with Gasteiger partial charge in [0.1, 0.15) is 5.60 Å². The minimum atomic E-state index is -0.528. The van der Waals surface area contributed by atoms with Crippen LogP contribution in [0, 0.1) is 23.7 Å². The maximum atomic E-state index is 12.4. The van der Waals surface area contributed by atoms with Crippen molar-refractivity contribution in [2.75, 3.05) is 6.61 Å². The van der Waals surface area contributed by atoms with Crippen LogP contribution in [0.15, 0.2) is 12.2 Å². The van der Waals surface area contributed by atoms with Crippen LogP contribution in [0.1, 0.15) is 65.2 Å². The summed E-state index contributed by atoms with van der Waals surface area (Å²) in [5, 5.41) is 0. The standard InChI is InChI=1S/C20H30O4/c1-4-5-6-20(24-18(21)12-23-19(22)13(2)3)16-8-14-7-15(10-16)11-17(20)9-14/h14-17H,2,4-12H2,1,3H3. The summed E-state index contributed by atoms with van der Waals surface area (Å²) in [5.41, 5.74) is -0.00557. The van der Waals surface area contributed by atoms with Gasteiger partial charge in [-0.05, 0) is 75.5 Å². The van der Waals surface area contributed by atoms with Crippen molar-refractivity contribution in [2.45, 2.75) is 70.8 Å². The van der Waals surface area contributed by atoms with Gasteiger partial charge in [0.25, 0.3) is 0 Å². The van der Waals surface area contributed by atoms with Crippen molar-refractivity contribution in [3.63, 3.8) is 0 Å². The Bertz CT molecular complexity index is 494. The van der Waals surface area contributed by atoms with E-state index in [1.54, 1.807) is 6.92 Å². The zero-order chi connectivity index (χ0) is 17.3. The molecule has 4 nitrogen and oxygen atoms in total. The molecule has 134 valence electrons. The average molecular weight is 334 g/mol. The number of unbranched alkanes of at least 4 members (excludes halogenated alkanes) is 1. The molecule has 4 bridgehead atoms. The second kappa shape index (κ2) is 6.89. The summed E-state index contributed by atoms with van der Waals surface area (Å²) in [6.07, 6.45) is 9.34. The molecule has 0 amide bonds. The van der Waals surface area contributed by atoms with E-state index in [9.17, 15) is 9.59 Å². The maximum Gasteiger partial charge on any atom is 0.344 e. The van der Waals surface area contributed by atoms with Crippen molar-refractivity contribution < 1.29 is 19.1 Å². The summed E-state index contributed by atoms with van der Waals surface area (Å²) in [4.78, 5) is 23.9. The van der Waals surface area contributed by atoms with Crippen LogP contribution in [0.3, 0.4) is 0 Å². The fourth-order valence-corrected chi connectivity index (χ4v) is 5.55. The van der Waals surface area contributed by atoms with Gasteiger partial charge in [0.15, 0.2) is 6.61 Å². The van der Waals surface area contributed by atoms with Crippen molar-refractivity contribution in [2.24, 2.45) is 23.7 Å². The predicted octanol–water partition coefficient (Wildman–Crippen LogP) is 4.03. The normalized spacial score (nSPS) is 36.4. The molecule has 0 spiro atoms. The zero-order valence-corrected chi connectivity index (χ0v) is 15.0. The van der Waals surface area contributed by atoms with Crippen molar-refractivity contribution in [1.82, 2.24) is 0 Å². The quantitative estimate of drug-likeness (QED) is 0.521. The van der Waals surface area contributed by atoms with Gasteiger partial charge >= 0.3 is 11.9 Å². The fourth-order valence-electron chi connectivity index (χ4n) is 5.55. The SMILES string of the molecule is C=C(C)C(=O)OCC(=O)OC1(CCCC)C2CC3CC(C2)CC1C3. The first-order valence-corrected chi connectivity index (χ1v) is 9.49. The minimum Gasteiger partial charge on any atom is -0.456 e. The monoisotopic (exact) mass is 334 g/mol. The summed E-state index contributed by atoms with van der Waals surface area (Å²) < 4.78 is 11.1. The van der Waals surface area contributed by atoms with Crippen LogP contribution in [-0.4, -0.2) is 24.1 Å². The zero-order valence-electron chi connectivity index (χ0n) is 15.0. The number of hydrogen-bond donors (Lipinski definition) is 0. The number of ether oxygens (including phenoxy) is 2. The molecule has 0 aromatic heterocycles. The molecule has 0 N–H and O–H groups in total. The highest BCUT2D eigenvalue weighted by Gasteiger charge is 2.59. The molecule has 0 aromatic rings. The fraction of sp³-hybridized carbons (Fsp3) is 0.800. The molecule has 4 saturated carbocycles. The van der Waals surface area contributed by atoms with E-state index in [4.69, 9.17) is 9.47 Å².